The normalized spacial score (nSPS) is 19.4. The first-order valence-corrected chi connectivity index (χ1v) is 11.1. The van der Waals surface area contributed by atoms with Crippen molar-refractivity contribution < 1.29 is 8.42 Å². The van der Waals surface area contributed by atoms with Crippen LogP contribution in [0.15, 0.2) is 30.3 Å². The average molecular weight is 394 g/mol. The molecule has 1 aliphatic carbocycles. The number of piperidine rings is 1. The molecule has 0 amide bonds. The fourth-order valence-corrected chi connectivity index (χ4v) is 5.53. The highest BCUT2D eigenvalue weighted by molar-refractivity contribution is 7.90. The van der Waals surface area contributed by atoms with E-state index < -0.39 is 10.0 Å². The lowest BCUT2D eigenvalue weighted by molar-refractivity contribution is 0.327. The Hall–Kier alpha value is -1.37. The van der Waals surface area contributed by atoms with E-state index in [-0.39, 0.29) is 5.25 Å². The zero-order valence-corrected chi connectivity index (χ0v) is 16.5. The van der Waals surface area contributed by atoms with Gasteiger partial charge in [0.15, 0.2) is 0 Å². The van der Waals surface area contributed by atoms with Gasteiger partial charge in [0.05, 0.1) is 10.8 Å². The van der Waals surface area contributed by atoms with Crippen molar-refractivity contribution in [2.45, 2.75) is 30.9 Å². The molecule has 1 saturated heterocycles. The van der Waals surface area contributed by atoms with E-state index in [1.807, 2.05) is 24.3 Å². The Bertz CT molecular complexity index is 906. The molecule has 2 aliphatic rings. The van der Waals surface area contributed by atoms with E-state index in [4.69, 9.17) is 16.6 Å². The number of benzene rings is 1. The highest BCUT2D eigenvalue weighted by atomic mass is 35.5. The Morgan fingerprint density at radius 2 is 1.88 bits per heavy atom. The second-order valence-corrected chi connectivity index (χ2v) is 10.2. The van der Waals surface area contributed by atoms with Gasteiger partial charge in [-0.2, -0.15) is 0 Å². The fraction of sp³-hybridized carbons (Fsp3) is 0.526. The molecular weight excluding hydrogens is 370 g/mol. The second kappa shape index (κ2) is 6.98. The van der Waals surface area contributed by atoms with Crippen molar-refractivity contribution in [2.24, 2.45) is 5.92 Å². The summed E-state index contributed by atoms with van der Waals surface area (Å²) in [5.41, 5.74) is 0.948. The van der Waals surface area contributed by atoms with Crippen LogP contribution in [0.1, 0.15) is 25.7 Å². The Morgan fingerprint density at radius 3 is 2.58 bits per heavy atom. The molecule has 0 bridgehead atoms. The quantitative estimate of drug-likeness (QED) is 0.779. The monoisotopic (exact) mass is 393 g/mol. The zero-order valence-electron chi connectivity index (χ0n) is 14.9. The van der Waals surface area contributed by atoms with Crippen molar-refractivity contribution in [2.75, 3.05) is 31.6 Å². The van der Waals surface area contributed by atoms with Gasteiger partial charge in [-0.3, -0.25) is 0 Å². The van der Waals surface area contributed by atoms with E-state index >= 15 is 0 Å². The predicted octanol–water partition coefficient (Wildman–Crippen LogP) is 3.53. The molecule has 1 saturated carbocycles. The molecule has 0 radical (unpaired) electrons. The summed E-state index contributed by atoms with van der Waals surface area (Å²) in [6, 6.07) is 9.85. The van der Waals surface area contributed by atoms with Gasteiger partial charge in [0.2, 0.25) is 10.0 Å². The van der Waals surface area contributed by atoms with Gasteiger partial charge in [0, 0.05) is 37.1 Å². The average Bonchev–Trinajstić information content (AvgIpc) is 3.47. The van der Waals surface area contributed by atoms with Crippen molar-refractivity contribution in [3.63, 3.8) is 0 Å². The van der Waals surface area contributed by atoms with E-state index in [0.717, 1.165) is 60.5 Å². The number of nitrogens with zero attached hydrogens (tertiary/aromatic N) is 3. The van der Waals surface area contributed by atoms with Crippen molar-refractivity contribution in [3.8, 4) is 0 Å². The Labute approximate surface area is 160 Å². The van der Waals surface area contributed by atoms with Crippen LogP contribution < -0.4 is 4.90 Å². The smallest absolute Gasteiger partial charge is 0.216 e. The highest BCUT2D eigenvalue weighted by Gasteiger charge is 2.39. The summed E-state index contributed by atoms with van der Waals surface area (Å²) >= 11 is 6.04. The molecule has 0 unspecified atom stereocenters. The van der Waals surface area contributed by atoms with Crippen LogP contribution in [0.5, 0.6) is 0 Å². The van der Waals surface area contributed by atoms with Crippen LogP contribution in [-0.2, 0) is 10.0 Å². The summed E-state index contributed by atoms with van der Waals surface area (Å²) in [6.45, 7) is 2.46. The Morgan fingerprint density at radius 1 is 1.15 bits per heavy atom. The lowest BCUT2D eigenvalue weighted by atomic mass is 9.97. The SMILES string of the molecule is CN(CC1CCN(c2ccc3cc(Cl)ccc3n2)CC1)S(=O)(=O)C1CC1. The van der Waals surface area contributed by atoms with E-state index in [1.54, 1.807) is 11.4 Å². The molecule has 140 valence electrons. The van der Waals surface area contributed by atoms with Gasteiger partial charge in [-0.15, -0.1) is 0 Å². The van der Waals surface area contributed by atoms with Crippen LogP contribution in [0.4, 0.5) is 5.82 Å². The molecule has 4 rings (SSSR count). The number of aromatic nitrogens is 1. The zero-order chi connectivity index (χ0) is 18.3. The van der Waals surface area contributed by atoms with Crippen LogP contribution in [0.2, 0.25) is 5.02 Å². The molecule has 1 aromatic heterocycles. The van der Waals surface area contributed by atoms with Crippen LogP contribution in [0.3, 0.4) is 0 Å². The summed E-state index contributed by atoms with van der Waals surface area (Å²) in [5, 5.41) is 1.64. The Balaban J connectivity index is 1.38. The molecule has 2 fully saturated rings. The summed E-state index contributed by atoms with van der Waals surface area (Å²) in [4.78, 5) is 7.05. The molecule has 0 N–H and O–H groups in total. The molecule has 0 spiro atoms. The minimum atomic E-state index is -3.06. The third-order valence-electron chi connectivity index (χ3n) is 5.47. The molecule has 2 aromatic rings. The molecule has 0 atom stereocenters. The maximum Gasteiger partial charge on any atom is 0.216 e. The predicted molar refractivity (Wildman–Crippen MR) is 106 cm³/mol. The van der Waals surface area contributed by atoms with Crippen molar-refractivity contribution in [3.05, 3.63) is 35.4 Å². The standard InChI is InChI=1S/C19H24ClN3O2S/c1-22(26(24,25)17-4-5-17)13-14-8-10-23(11-9-14)19-7-2-15-12-16(20)3-6-18(15)21-19/h2-3,6-7,12,14,17H,4-5,8-11,13H2,1H3. The molecule has 5 nitrogen and oxygen atoms in total. The summed E-state index contributed by atoms with van der Waals surface area (Å²) in [6.07, 6.45) is 3.63. The Kier molecular flexibility index (Phi) is 4.84. The molecule has 26 heavy (non-hydrogen) atoms. The number of anilines is 1. The number of sulfonamides is 1. The minimum absolute atomic E-state index is 0.122. The van der Waals surface area contributed by atoms with Gasteiger partial charge in [-0.25, -0.2) is 17.7 Å². The van der Waals surface area contributed by atoms with Gasteiger partial charge in [-0.05, 0) is 61.9 Å². The van der Waals surface area contributed by atoms with E-state index in [9.17, 15) is 8.42 Å². The fourth-order valence-electron chi connectivity index (χ4n) is 3.69. The van der Waals surface area contributed by atoms with E-state index in [1.165, 1.54) is 0 Å². The van der Waals surface area contributed by atoms with E-state index in [0.29, 0.717) is 12.5 Å². The van der Waals surface area contributed by atoms with Gasteiger partial charge in [0.25, 0.3) is 0 Å². The summed E-state index contributed by atoms with van der Waals surface area (Å²) in [5.74, 6) is 1.40. The summed E-state index contributed by atoms with van der Waals surface area (Å²) in [7, 11) is -1.33. The molecule has 7 heteroatoms. The first-order chi connectivity index (χ1) is 12.4. The van der Waals surface area contributed by atoms with Crippen molar-refractivity contribution in [1.29, 1.82) is 0 Å². The van der Waals surface area contributed by atoms with Gasteiger partial charge < -0.3 is 4.90 Å². The van der Waals surface area contributed by atoms with Crippen molar-refractivity contribution >= 4 is 38.3 Å². The maximum absolute atomic E-state index is 12.3. The lowest BCUT2D eigenvalue weighted by Crippen LogP contribution is -2.40. The van der Waals surface area contributed by atoms with Crippen LogP contribution in [-0.4, -0.2) is 49.6 Å². The van der Waals surface area contributed by atoms with Crippen LogP contribution in [0.25, 0.3) is 10.9 Å². The minimum Gasteiger partial charge on any atom is -0.357 e. The maximum atomic E-state index is 12.3. The van der Waals surface area contributed by atoms with Crippen LogP contribution in [0, 0.1) is 5.92 Å². The lowest BCUT2D eigenvalue weighted by Gasteiger charge is -2.34. The second-order valence-electron chi connectivity index (χ2n) is 7.46. The number of halogens is 1. The third-order valence-corrected chi connectivity index (χ3v) is 8.04. The third kappa shape index (κ3) is 3.68. The molecular formula is C19H24ClN3O2S. The molecule has 1 aromatic carbocycles. The van der Waals surface area contributed by atoms with Gasteiger partial charge in [0.1, 0.15) is 5.82 Å². The first-order valence-electron chi connectivity index (χ1n) is 9.20. The van der Waals surface area contributed by atoms with E-state index in [2.05, 4.69) is 11.0 Å². The first kappa shape index (κ1) is 18.0. The number of fused-ring (bicyclic) bond motifs is 1. The summed E-state index contributed by atoms with van der Waals surface area (Å²) < 4.78 is 26.2. The van der Waals surface area contributed by atoms with Gasteiger partial charge >= 0.3 is 0 Å². The molecule has 2 heterocycles. The topological polar surface area (TPSA) is 53.5 Å². The largest absolute Gasteiger partial charge is 0.357 e. The molecule has 1 aliphatic heterocycles. The highest BCUT2D eigenvalue weighted by Crippen LogP contribution is 2.32. The number of rotatable bonds is 5. The van der Waals surface area contributed by atoms with Crippen LogP contribution >= 0.6 is 11.6 Å². The number of hydrogen-bond acceptors (Lipinski definition) is 4. The number of pyridine rings is 1. The van der Waals surface area contributed by atoms with Gasteiger partial charge in [-0.1, -0.05) is 11.6 Å². The number of hydrogen-bond donors (Lipinski definition) is 0. The van der Waals surface area contributed by atoms with Crippen molar-refractivity contribution in [1.82, 2.24) is 9.29 Å².